The summed E-state index contributed by atoms with van der Waals surface area (Å²) in [5.41, 5.74) is 0. The van der Waals surface area contributed by atoms with Gasteiger partial charge < -0.3 is 5.32 Å². The van der Waals surface area contributed by atoms with Gasteiger partial charge in [-0.3, -0.25) is 0 Å². The monoisotopic (exact) mass is 255 g/mol. The van der Waals surface area contributed by atoms with Crippen LogP contribution in [0.15, 0.2) is 0 Å². The Morgan fingerprint density at radius 2 is 1.82 bits per heavy atom. The maximum atomic E-state index is 3.57. The summed E-state index contributed by atoms with van der Waals surface area (Å²) in [5, 5.41) is 4.43. The molecular weight excluding hydrogens is 226 g/mol. The maximum Gasteiger partial charge on any atom is 0.0226 e. The van der Waals surface area contributed by atoms with Crippen LogP contribution in [-0.2, 0) is 0 Å². The summed E-state index contributed by atoms with van der Waals surface area (Å²) in [7, 11) is 2.15. The smallest absolute Gasteiger partial charge is 0.0226 e. The number of thioether (sulfide) groups is 1. The summed E-state index contributed by atoms with van der Waals surface area (Å²) in [5.74, 6) is 4.25. The lowest BCUT2D eigenvalue weighted by Gasteiger charge is -2.39. The predicted octanol–water partition coefficient (Wildman–Crippen LogP) is 3.93. The first-order valence-corrected chi connectivity index (χ1v) is 8.54. The van der Waals surface area contributed by atoms with Crippen molar-refractivity contribution in [2.45, 2.75) is 63.7 Å². The van der Waals surface area contributed by atoms with Crippen LogP contribution in [0.3, 0.4) is 0 Å². The Bertz CT molecular complexity index is 225. The minimum Gasteiger partial charge on any atom is -0.316 e. The minimum absolute atomic E-state index is 0.750. The molecule has 0 aliphatic heterocycles. The molecule has 0 aromatic rings. The van der Waals surface area contributed by atoms with E-state index >= 15 is 0 Å². The summed E-state index contributed by atoms with van der Waals surface area (Å²) < 4.78 is 0. The fourth-order valence-electron chi connectivity index (χ4n) is 3.82. The van der Waals surface area contributed by atoms with Gasteiger partial charge in [-0.15, -0.1) is 0 Å². The minimum atomic E-state index is 0.750. The Balaban J connectivity index is 1.83. The van der Waals surface area contributed by atoms with Crippen molar-refractivity contribution >= 4 is 11.8 Å². The van der Waals surface area contributed by atoms with E-state index < -0.39 is 0 Å². The van der Waals surface area contributed by atoms with Crippen molar-refractivity contribution in [2.75, 3.05) is 12.8 Å². The van der Waals surface area contributed by atoms with Crippen LogP contribution < -0.4 is 5.32 Å². The predicted molar refractivity (Wildman–Crippen MR) is 78.6 cm³/mol. The average molecular weight is 255 g/mol. The highest BCUT2D eigenvalue weighted by atomic mass is 32.2. The van der Waals surface area contributed by atoms with Gasteiger partial charge in [-0.2, -0.15) is 11.8 Å². The van der Waals surface area contributed by atoms with Crippen molar-refractivity contribution in [3.05, 3.63) is 0 Å². The molecule has 2 rings (SSSR count). The first-order valence-electron chi connectivity index (χ1n) is 7.49. The Morgan fingerprint density at radius 3 is 2.47 bits per heavy atom. The fourth-order valence-corrected chi connectivity index (χ4v) is 5.56. The highest BCUT2D eigenvalue weighted by Crippen LogP contribution is 2.38. The molecular formula is C15H29NS. The fraction of sp³-hybridized carbons (Fsp3) is 1.00. The van der Waals surface area contributed by atoms with Gasteiger partial charge in [-0.1, -0.05) is 26.7 Å². The lowest BCUT2D eigenvalue weighted by molar-refractivity contribution is 0.257. The van der Waals surface area contributed by atoms with E-state index in [0.29, 0.717) is 0 Å². The third kappa shape index (κ3) is 3.64. The van der Waals surface area contributed by atoms with E-state index in [4.69, 9.17) is 0 Å². The molecule has 2 aliphatic rings. The highest BCUT2D eigenvalue weighted by molar-refractivity contribution is 8.00. The summed E-state index contributed by atoms with van der Waals surface area (Å²) >= 11 is 2.27. The molecule has 0 saturated heterocycles. The number of nitrogens with one attached hydrogen (secondary N) is 1. The van der Waals surface area contributed by atoms with E-state index in [1.165, 1.54) is 44.3 Å². The molecule has 4 unspecified atom stereocenters. The largest absolute Gasteiger partial charge is 0.316 e. The third-order valence-corrected chi connectivity index (χ3v) is 6.60. The van der Waals surface area contributed by atoms with Gasteiger partial charge in [0.25, 0.3) is 0 Å². The number of hydrogen-bond donors (Lipinski definition) is 1. The standard InChI is InChI=1S/C15H29NS/c1-11-8-12(2)15(14(9-11)16-3)17-10-13-6-4-5-7-13/h11-16H,4-10H2,1-3H3. The average Bonchev–Trinajstić information content (AvgIpc) is 2.79. The van der Waals surface area contributed by atoms with E-state index in [0.717, 1.165) is 29.0 Å². The van der Waals surface area contributed by atoms with Crippen LogP contribution >= 0.6 is 11.8 Å². The molecule has 0 spiro atoms. The van der Waals surface area contributed by atoms with Gasteiger partial charge in [-0.25, -0.2) is 0 Å². The summed E-state index contributed by atoms with van der Waals surface area (Å²) in [6.45, 7) is 4.88. The van der Waals surface area contributed by atoms with E-state index in [1.807, 2.05) is 0 Å². The highest BCUT2D eigenvalue weighted by Gasteiger charge is 2.33. The molecule has 0 bridgehead atoms. The maximum absolute atomic E-state index is 3.57. The van der Waals surface area contributed by atoms with E-state index in [2.05, 4.69) is 38.0 Å². The Kier molecular flexibility index (Phi) is 5.23. The molecule has 1 N–H and O–H groups in total. The Morgan fingerprint density at radius 1 is 1.12 bits per heavy atom. The van der Waals surface area contributed by atoms with Crippen LogP contribution in [0.2, 0.25) is 0 Å². The van der Waals surface area contributed by atoms with Crippen molar-refractivity contribution < 1.29 is 0 Å². The summed E-state index contributed by atoms with van der Waals surface area (Å²) in [6.07, 6.45) is 8.77. The number of rotatable bonds is 4. The van der Waals surface area contributed by atoms with E-state index in [1.54, 1.807) is 0 Å². The Hall–Kier alpha value is 0.310. The SMILES string of the molecule is CNC1CC(C)CC(C)C1SCC1CCCC1. The zero-order chi connectivity index (χ0) is 12.3. The molecule has 4 atom stereocenters. The van der Waals surface area contributed by atoms with Gasteiger partial charge in [0, 0.05) is 11.3 Å². The van der Waals surface area contributed by atoms with Crippen LogP contribution in [0.25, 0.3) is 0 Å². The quantitative estimate of drug-likeness (QED) is 0.817. The van der Waals surface area contributed by atoms with Crippen LogP contribution in [0.5, 0.6) is 0 Å². The van der Waals surface area contributed by atoms with Gasteiger partial charge >= 0.3 is 0 Å². The molecule has 100 valence electrons. The third-order valence-electron chi connectivity index (χ3n) is 4.76. The van der Waals surface area contributed by atoms with Gasteiger partial charge in [0.2, 0.25) is 0 Å². The van der Waals surface area contributed by atoms with Gasteiger partial charge in [0.1, 0.15) is 0 Å². The molecule has 2 aliphatic carbocycles. The normalized spacial score (nSPS) is 39.7. The second-order valence-electron chi connectivity index (χ2n) is 6.40. The van der Waals surface area contributed by atoms with Crippen LogP contribution in [0.1, 0.15) is 52.4 Å². The lowest BCUT2D eigenvalue weighted by atomic mass is 9.80. The molecule has 1 nitrogen and oxygen atoms in total. The van der Waals surface area contributed by atoms with Crippen LogP contribution in [0.4, 0.5) is 0 Å². The molecule has 2 fully saturated rings. The first-order chi connectivity index (χ1) is 8.20. The molecule has 2 heteroatoms. The van der Waals surface area contributed by atoms with Crippen molar-refractivity contribution in [3.8, 4) is 0 Å². The molecule has 0 aromatic carbocycles. The van der Waals surface area contributed by atoms with Gasteiger partial charge in [0.05, 0.1) is 0 Å². The molecule has 17 heavy (non-hydrogen) atoms. The zero-order valence-electron chi connectivity index (χ0n) is 11.7. The Labute approximate surface area is 112 Å². The van der Waals surface area contributed by atoms with Gasteiger partial charge in [-0.05, 0) is 56.2 Å². The molecule has 0 radical (unpaired) electrons. The molecule has 0 aromatic heterocycles. The van der Waals surface area contributed by atoms with Crippen LogP contribution in [-0.4, -0.2) is 24.1 Å². The van der Waals surface area contributed by atoms with E-state index in [-0.39, 0.29) is 0 Å². The molecule has 2 saturated carbocycles. The van der Waals surface area contributed by atoms with Gasteiger partial charge in [0.15, 0.2) is 0 Å². The second-order valence-corrected chi connectivity index (χ2v) is 7.61. The topological polar surface area (TPSA) is 12.0 Å². The van der Waals surface area contributed by atoms with Crippen molar-refractivity contribution in [1.29, 1.82) is 0 Å². The molecule has 0 amide bonds. The summed E-state index contributed by atoms with van der Waals surface area (Å²) in [6, 6.07) is 0.750. The second kappa shape index (κ2) is 6.47. The first kappa shape index (κ1) is 13.7. The van der Waals surface area contributed by atoms with E-state index in [9.17, 15) is 0 Å². The zero-order valence-corrected chi connectivity index (χ0v) is 12.6. The molecule has 0 heterocycles. The van der Waals surface area contributed by atoms with Crippen molar-refractivity contribution in [2.24, 2.45) is 17.8 Å². The number of hydrogen-bond acceptors (Lipinski definition) is 2. The van der Waals surface area contributed by atoms with Crippen LogP contribution in [0, 0.1) is 17.8 Å². The summed E-state index contributed by atoms with van der Waals surface area (Å²) in [4.78, 5) is 0. The van der Waals surface area contributed by atoms with Crippen molar-refractivity contribution in [3.63, 3.8) is 0 Å². The van der Waals surface area contributed by atoms with Crippen molar-refractivity contribution in [1.82, 2.24) is 5.32 Å². The lowest BCUT2D eigenvalue weighted by Crippen LogP contribution is -2.45.